The molecule has 0 aromatic carbocycles. The van der Waals surface area contributed by atoms with Crippen LogP contribution in [0.1, 0.15) is 27.7 Å². The second-order valence-electron chi connectivity index (χ2n) is 3.81. The summed E-state index contributed by atoms with van der Waals surface area (Å²) in [6, 6.07) is 0. The van der Waals surface area contributed by atoms with Crippen molar-refractivity contribution in [3.63, 3.8) is 0 Å². The van der Waals surface area contributed by atoms with Gasteiger partial charge in [0.15, 0.2) is 0 Å². The summed E-state index contributed by atoms with van der Waals surface area (Å²) in [5, 5.41) is 0. The molecule has 0 aromatic heterocycles. The number of hydrogen-bond donors (Lipinski definition) is 0. The van der Waals surface area contributed by atoms with E-state index in [1.54, 1.807) is 13.8 Å². The van der Waals surface area contributed by atoms with Crippen molar-refractivity contribution >= 4 is 13.6 Å². The molecule has 0 fully saturated rings. The summed E-state index contributed by atoms with van der Waals surface area (Å²) in [6.07, 6.45) is 0. The van der Waals surface area contributed by atoms with Gasteiger partial charge in [0.05, 0.1) is 13.2 Å². The highest BCUT2D eigenvalue weighted by Crippen LogP contribution is 2.50. The lowest BCUT2D eigenvalue weighted by Gasteiger charge is -2.21. The van der Waals surface area contributed by atoms with Gasteiger partial charge in [0, 0.05) is 20.0 Å². The van der Waals surface area contributed by atoms with Gasteiger partial charge in [-0.25, -0.2) is 4.57 Å². The first-order valence-corrected chi connectivity index (χ1v) is 7.02. The van der Waals surface area contributed by atoms with Crippen LogP contribution in [0.15, 0.2) is 4.76 Å². The molecule has 96 valence electrons. The van der Waals surface area contributed by atoms with Crippen molar-refractivity contribution in [1.29, 1.82) is 0 Å². The highest BCUT2D eigenvalue weighted by Gasteiger charge is 2.25. The predicted octanol–water partition coefficient (Wildman–Crippen LogP) is 2.78. The molecule has 0 atom stereocenters. The maximum absolute atomic E-state index is 12.2. The van der Waals surface area contributed by atoms with Crippen LogP contribution in [0.3, 0.4) is 0 Å². The first-order valence-electron chi connectivity index (χ1n) is 5.52. The summed E-state index contributed by atoms with van der Waals surface area (Å²) in [7, 11) is 0.387. The van der Waals surface area contributed by atoms with E-state index < -0.39 is 7.75 Å². The lowest BCUT2D eigenvalue weighted by Crippen LogP contribution is -2.27. The van der Waals surface area contributed by atoms with E-state index in [0.29, 0.717) is 19.0 Å². The molecule has 16 heavy (non-hydrogen) atoms. The first-order chi connectivity index (χ1) is 7.36. The van der Waals surface area contributed by atoms with Crippen molar-refractivity contribution in [2.24, 2.45) is 10.7 Å². The van der Waals surface area contributed by atoms with E-state index in [1.165, 1.54) is 0 Å². The van der Waals surface area contributed by atoms with Crippen LogP contribution >= 0.6 is 7.75 Å². The third-order valence-corrected chi connectivity index (χ3v) is 3.40. The highest BCUT2D eigenvalue weighted by molar-refractivity contribution is 7.52. The van der Waals surface area contributed by atoms with Gasteiger partial charge in [0.1, 0.15) is 5.84 Å². The van der Waals surface area contributed by atoms with E-state index >= 15 is 0 Å². The lowest BCUT2D eigenvalue weighted by molar-refractivity contribution is 0.220. The molecule has 0 aliphatic rings. The SMILES string of the molecule is CCOP(=O)(/N=C(/C(C)C)N(C)C)OCC. The molecule has 0 spiro atoms. The topological polar surface area (TPSA) is 51.1 Å². The molecule has 0 aliphatic carbocycles. The van der Waals surface area contributed by atoms with Gasteiger partial charge in [-0.15, -0.1) is 0 Å². The normalized spacial score (nSPS) is 13.3. The van der Waals surface area contributed by atoms with Crippen molar-refractivity contribution < 1.29 is 13.6 Å². The molecule has 0 saturated carbocycles. The van der Waals surface area contributed by atoms with Crippen LogP contribution in [0, 0.1) is 5.92 Å². The summed E-state index contributed by atoms with van der Waals surface area (Å²) < 4.78 is 26.6. The van der Waals surface area contributed by atoms with Crippen molar-refractivity contribution in [2.75, 3.05) is 27.3 Å². The van der Waals surface area contributed by atoms with E-state index in [4.69, 9.17) is 9.05 Å². The van der Waals surface area contributed by atoms with Gasteiger partial charge in [-0.3, -0.25) is 9.05 Å². The number of nitrogens with zero attached hydrogens (tertiary/aromatic N) is 2. The number of rotatable bonds is 6. The van der Waals surface area contributed by atoms with E-state index in [2.05, 4.69) is 4.76 Å². The minimum atomic E-state index is -3.34. The van der Waals surface area contributed by atoms with Gasteiger partial charge in [-0.2, -0.15) is 4.76 Å². The zero-order valence-corrected chi connectivity index (χ0v) is 12.0. The third kappa shape index (κ3) is 5.10. The summed E-state index contributed by atoms with van der Waals surface area (Å²) in [4.78, 5) is 1.83. The largest absolute Gasteiger partial charge is 0.455 e. The average molecular weight is 250 g/mol. The van der Waals surface area contributed by atoms with Crippen LogP contribution < -0.4 is 0 Å². The van der Waals surface area contributed by atoms with Gasteiger partial charge >= 0.3 is 7.75 Å². The summed E-state index contributed by atoms with van der Waals surface area (Å²) in [5.74, 6) is 0.884. The van der Waals surface area contributed by atoms with E-state index in [9.17, 15) is 4.57 Å². The Morgan fingerprint density at radius 3 is 1.94 bits per heavy atom. The quantitative estimate of drug-likeness (QED) is 0.413. The molecular formula is C10H23N2O3P. The number of amidine groups is 1. The third-order valence-electron chi connectivity index (χ3n) is 1.78. The summed E-state index contributed by atoms with van der Waals surface area (Å²) in [6.45, 7) is 8.15. The van der Waals surface area contributed by atoms with Crippen molar-refractivity contribution in [3.05, 3.63) is 0 Å². The molecule has 0 aromatic rings. The smallest absolute Gasteiger partial charge is 0.366 e. The Balaban J connectivity index is 5.06. The van der Waals surface area contributed by atoms with E-state index in [0.717, 1.165) is 0 Å². The minimum absolute atomic E-state index is 0.171. The summed E-state index contributed by atoms with van der Waals surface area (Å²) in [5.41, 5.74) is 0. The zero-order valence-electron chi connectivity index (χ0n) is 11.1. The fraction of sp³-hybridized carbons (Fsp3) is 0.900. The fourth-order valence-electron chi connectivity index (χ4n) is 1.27. The average Bonchev–Trinajstić information content (AvgIpc) is 2.14. The van der Waals surface area contributed by atoms with Crippen molar-refractivity contribution in [1.82, 2.24) is 4.90 Å². The first kappa shape index (κ1) is 15.6. The molecule has 0 radical (unpaired) electrons. The van der Waals surface area contributed by atoms with Crippen LogP contribution in [-0.4, -0.2) is 38.0 Å². The highest BCUT2D eigenvalue weighted by atomic mass is 31.2. The summed E-state index contributed by atoms with van der Waals surface area (Å²) >= 11 is 0. The molecular weight excluding hydrogens is 227 g/mol. The Morgan fingerprint density at radius 2 is 1.69 bits per heavy atom. The van der Waals surface area contributed by atoms with Gasteiger partial charge in [0.2, 0.25) is 0 Å². The van der Waals surface area contributed by atoms with Crippen LogP contribution in [0.25, 0.3) is 0 Å². The zero-order chi connectivity index (χ0) is 12.8. The standard InChI is InChI=1S/C10H23N2O3P/c1-7-14-16(13,15-8-2)11-10(9(3)4)12(5)6/h9H,7-8H2,1-6H3/b11-10-. The van der Waals surface area contributed by atoms with Gasteiger partial charge < -0.3 is 4.90 Å². The Hall–Kier alpha value is -0.380. The van der Waals surface area contributed by atoms with Crippen molar-refractivity contribution in [3.8, 4) is 0 Å². The molecule has 6 heteroatoms. The maximum Gasteiger partial charge on any atom is 0.455 e. The molecule has 0 unspecified atom stereocenters. The second kappa shape index (κ2) is 7.05. The number of hydrogen-bond acceptors (Lipinski definition) is 3. The molecule has 0 bridgehead atoms. The molecule has 0 N–H and O–H groups in total. The van der Waals surface area contributed by atoms with E-state index in [-0.39, 0.29) is 5.92 Å². The van der Waals surface area contributed by atoms with Crippen LogP contribution in [-0.2, 0) is 13.6 Å². The Labute approximate surface area is 98.4 Å². The van der Waals surface area contributed by atoms with Crippen molar-refractivity contribution in [2.45, 2.75) is 27.7 Å². The second-order valence-corrected chi connectivity index (χ2v) is 5.46. The van der Waals surface area contributed by atoms with Crippen LogP contribution in [0.5, 0.6) is 0 Å². The molecule has 0 saturated heterocycles. The monoisotopic (exact) mass is 250 g/mol. The molecule has 0 heterocycles. The molecule has 0 amide bonds. The lowest BCUT2D eigenvalue weighted by atomic mass is 10.2. The van der Waals surface area contributed by atoms with E-state index in [1.807, 2.05) is 32.8 Å². The van der Waals surface area contributed by atoms with Crippen LogP contribution in [0.4, 0.5) is 0 Å². The van der Waals surface area contributed by atoms with Gasteiger partial charge in [-0.1, -0.05) is 13.8 Å². The predicted molar refractivity (Wildman–Crippen MR) is 66.8 cm³/mol. The Morgan fingerprint density at radius 1 is 1.25 bits per heavy atom. The molecule has 0 aliphatic heterocycles. The Kier molecular flexibility index (Phi) is 6.88. The Bertz CT molecular complexity index is 257. The van der Waals surface area contributed by atoms with Gasteiger partial charge in [-0.05, 0) is 13.8 Å². The minimum Gasteiger partial charge on any atom is -0.366 e. The molecule has 0 rings (SSSR count). The van der Waals surface area contributed by atoms with Gasteiger partial charge in [0.25, 0.3) is 0 Å². The molecule has 5 nitrogen and oxygen atoms in total. The maximum atomic E-state index is 12.2. The fourth-order valence-corrected chi connectivity index (χ4v) is 2.77. The van der Waals surface area contributed by atoms with Crippen LogP contribution in [0.2, 0.25) is 0 Å².